The number of halogens is 1. The van der Waals surface area contributed by atoms with Crippen LogP contribution in [0.3, 0.4) is 0 Å². The van der Waals surface area contributed by atoms with Gasteiger partial charge < -0.3 is 4.74 Å². The molecule has 4 heteroatoms. The monoisotopic (exact) mass is 187 g/mol. The van der Waals surface area contributed by atoms with Gasteiger partial charge in [-0.3, -0.25) is 4.98 Å². The maximum atomic E-state index is 11.0. The number of esters is 1. The molecule has 0 aliphatic rings. The maximum absolute atomic E-state index is 11.0. The van der Waals surface area contributed by atoms with Crippen molar-refractivity contribution in [1.82, 2.24) is 4.98 Å². The molecule has 0 N–H and O–H groups in total. The van der Waals surface area contributed by atoms with Crippen LogP contribution in [0.25, 0.3) is 0 Å². The molecule has 3 nitrogen and oxygen atoms in total. The number of nitrogens with zero attached hydrogens (tertiary/aromatic N) is 1. The minimum atomic E-state index is -0.296. The van der Waals surface area contributed by atoms with Crippen molar-refractivity contribution in [3.8, 4) is 0 Å². The zero-order valence-electron chi connectivity index (χ0n) is 6.69. The van der Waals surface area contributed by atoms with Crippen LogP contribution >= 0.6 is 12.4 Å². The lowest BCUT2D eigenvalue weighted by Crippen LogP contribution is -2.03. The fourth-order valence-corrected chi connectivity index (χ4v) is 0.702. The largest absolute Gasteiger partial charge is 0.462 e. The molecule has 1 aromatic rings. The molecule has 0 bridgehead atoms. The molecule has 0 atom stereocenters. The second kappa shape index (κ2) is 5.55. The fourth-order valence-electron chi connectivity index (χ4n) is 0.702. The van der Waals surface area contributed by atoms with E-state index in [1.807, 2.05) is 0 Å². The average molecular weight is 188 g/mol. The lowest BCUT2D eigenvalue weighted by molar-refractivity contribution is 0.0526. The van der Waals surface area contributed by atoms with Gasteiger partial charge in [0.2, 0.25) is 0 Å². The standard InChI is InChI=1S/C8H9NO2.ClH/c1-2-11-8(10)7-3-5-9-6-4-7;/h3-6H,2H2,1H3;1H. The second-order valence-corrected chi connectivity index (χ2v) is 1.96. The highest BCUT2D eigenvalue weighted by atomic mass is 35.5. The molecule has 0 aliphatic carbocycles. The number of rotatable bonds is 2. The Bertz CT molecular complexity index is 238. The molecule has 0 radical (unpaired) electrons. The van der Waals surface area contributed by atoms with Crippen molar-refractivity contribution in [2.24, 2.45) is 0 Å². The molecule has 1 rings (SSSR count). The van der Waals surface area contributed by atoms with Gasteiger partial charge in [-0.25, -0.2) is 4.79 Å². The molecule has 12 heavy (non-hydrogen) atoms. The number of hydrogen-bond acceptors (Lipinski definition) is 3. The van der Waals surface area contributed by atoms with E-state index in [0.717, 1.165) is 0 Å². The van der Waals surface area contributed by atoms with E-state index in [4.69, 9.17) is 4.74 Å². The van der Waals surface area contributed by atoms with Gasteiger partial charge in [-0.2, -0.15) is 0 Å². The summed E-state index contributed by atoms with van der Waals surface area (Å²) < 4.78 is 4.76. The summed E-state index contributed by atoms with van der Waals surface area (Å²) in [6.45, 7) is 2.18. The molecule has 0 amide bonds. The van der Waals surface area contributed by atoms with Gasteiger partial charge >= 0.3 is 5.97 Å². The first-order chi connectivity index (χ1) is 5.34. The summed E-state index contributed by atoms with van der Waals surface area (Å²) >= 11 is 0. The van der Waals surface area contributed by atoms with Crippen LogP contribution in [-0.2, 0) is 4.74 Å². The third-order valence-corrected chi connectivity index (χ3v) is 1.19. The first-order valence-corrected chi connectivity index (χ1v) is 3.41. The normalized spacial score (nSPS) is 8.42. The Labute approximate surface area is 77.2 Å². The Hall–Kier alpha value is -1.09. The number of aromatic nitrogens is 1. The van der Waals surface area contributed by atoms with Crippen LogP contribution in [0.4, 0.5) is 0 Å². The summed E-state index contributed by atoms with van der Waals surface area (Å²) in [6, 6.07) is 3.25. The van der Waals surface area contributed by atoms with Crippen molar-refractivity contribution in [1.29, 1.82) is 0 Å². The maximum Gasteiger partial charge on any atom is 0.338 e. The Morgan fingerprint density at radius 3 is 2.58 bits per heavy atom. The van der Waals surface area contributed by atoms with E-state index < -0.39 is 0 Å². The van der Waals surface area contributed by atoms with Crippen LogP contribution < -0.4 is 0 Å². The number of pyridine rings is 1. The fraction of sp³-hybridized carbons (Fsp3) is 0.250. The topological polar surface area (TPSA) is 39.2 Å². The van der Waals surface area contributed by atoms with E-state index in [2.05, 4.69) is 4.98 Å². The number of ether oxygens (including phenoxy) is 1. The smallest absolute Gasteiger partial charge is 0.338 e. The third-order valence-electron chi connectivity index (χ3n) is 1.19. The highest BCUT2D eigenvalue weighted by molar-refractivity contribution is 5.89. The Balaban J connectivity index is 0.00000121. The average Bonchev–Trinajstić information content (AvgIpc) is 2.07. The van der Waals surface area contributed by atoms with Gasteiger partial charge in [0.25, 0.3) is 0 Å². The van der Waals surface area contributed by atoms with Crippen molar-refractivity contribution in [3.63, 3.8) is 0 Å². The first kappa shape index (κ1) is 10.9. The van der Waals surface area contributed by atoms with Crippen LogP contribution in [0, 0.1) is 0 Å². The van der Waals surface area contributed by atoms with Gasteiger partial charge in [0.05, 0.1) is 12.2 Å². The Morgan fingerprint density at radius 2 is 2.08 bits per heavy atom. The zero-order valence-corrected chi connectivity index (χ0v) is 7.50. The zero-order chi connectivity index (χ0) is 8.10. The molecular weight excluding hydrogens is 178 g/mol. The minimum absolute atomic E-state index is 0. The van der Waals surface area contributed by atoms with Gasteiger partial charge in [-0.05, 0) is 19.1 Å². The third kappa shape index (κ3) is 2.88. The Morgan fingerprint density at radius 1 is 1.50 bits per heavy atom. The van der Waals surface area contributed by atoms with E-state index in [1.54, 1.807) is 31.5 Å². The first-order valence-electron chi connectivity index (χ1n) is 3.41. The number of hydrogen-bond donors (Lipinski definition) is 0. The number of carbonyl (C=O) groups excluding carboxylic acids is 1. The lowest BCUT2D eigenvalue weighted by atomic mass is 10.3. The second-order valence-electron chi connectivity index (χ2n) is 1.96. The molecule has 0 spiro atoms. The van der Waals surface area contributed by atoms with E-state index in [1.165, 1.54) is 0 Å². The van der Waals surface area contributed by atoms with Crippen LogP contribution in [0.2, 0.25) is 0 Å². The van der Waals surface area contributed by atoms with Gasteiger partial charge in [-0.1, -0.05) is 0 Å². The molecular formula is C8H10ClNO2. The molecule has 0 aliphatic heterocycles. The molecule has 66 valence electrons. The lowest BCUT2D eigenvalue weighted by Gasteiger charge is -1.98. The van der Waals surface area contributed by atoms with Gasteiger partial charge in [0, 0.05) is 12.4 Å². The molecule has 0 saturated carbocycles. The predicted octanol–water partition coefficient (Wildman–Crippen LogP) is 1.68. The summed E-state index contributed by atoms with van der Waals surface area (Å²) in [5.41, 5.74) is 0.543. The van der Waals surface area contributed by atoms with Crippen LogP contribution in [0.5, 0.6) is 0 Å². The van der Waals surface area contributed by atoms with Gasteiger partial charge in [0.15, 0.2) is 0 Å². The summed E-state index contributed by atoms with van der Waals surface area (Å²) in [5.74, 6) is -0.296. The molecule has 0 saturated heterocycles. The van der Waals surface area contributed by atoms with Gasteiger partial charge in [0.1, 0.15) is 0 Å². The summed E-state index contributed by atoms with van der Waals surface area (Å²) in [6.07, 6.45) is 3.12. The van der Waals surface area contributed by atoms with Gasteiger partial charge in [-0.15, -0.1) is 12.4 Å². The summed E-state index contributed by atoms with van der Waals surface area (Å²) in [7, 11) is 0. The summed E-state index contributed by atoms with van der Waals surface area (Å²) in [5, 5.41) is 0. The predicted molar refractivity (Wildman–Crippen MR) is 47.4 cm³/mol. The van der Waals surface area contributed by atoms with E-state index >= 15 is 0 Å². The van der Waals surface area contributed by atoms with Crippen molar-refractivity contribution < 1.29 is 9.53 Å². The highest BCUT2D eigenvalue weighted by Crippen LogP contribution is 1.98. The molecule has 0 unspecified atom stereocenters. The van der Waals surface area contributed by atoms with Crippen LogP contribution in [-0.4, -0.2) is 17.6 Å². The van der Waals surface area contributed by atoms with E-state index in [-0.39, 0.29) is 18.4 Å². The summed E-state index contributed by atoms with van der Waals surface area (Å²) in [4.78, 5) is 14.8. The van der Waals surface area contributed by atoms with Crippen molar-refractivity contribution in [2.75, 3.05) is 6.61 Å². The van der Waals surface area contributed by atoms with E-state index in [0.29, 0.717) is 12.2 Å². The molecule has 1 heterocycles. The minimum Gasteiger partial charge on any atom is -0.462 e. The Kier molecular flexibility index (Phi) is 5.04. The van der Waals surface area contributed by atoms with Crippen LogP contribution in [0.15, 0.2) is 24.5 Å². The SMILES string of the molecule is CCOC(=O)c1ccncc1.Cl. The molecule has 0 fully saturated rings. The molecule has 1 aromatic heterocycles. The molecule has 0 aromatic carbocycles. The quantitative estimate of drug-likeness (QED) is 0.662. The van der Waals surface area contributed by atoms with Crippen LogP contribution in [0.1, 0.15) is 17.3 Å². The van der Waals surface area contributed by atoms with Crippen molar-refractivity contribution >= 4 is 18.4 Å². The van der Waals surface area contributed by atoms with E-state index in [9.17, 15) is 4.79 Å². The van der Waals surface area contributed by atoms with Crippen molar-refractivity contribution in [2.45, 2.75) is 6.92 Å². The highest BCUT2D eigenvalue weighted by Gasteiger charge is 2.02. The number of carbonyl (C=O) groups is 1. The van der Waals surface area contributed by atoms with Crippen molar-refractivity contribution in [3.05, 3.63) is 30.1 Å².